The van der Waals surface area contributed by atoms with Crippen LogP contribution in [0.5, 0.6) is 11.6 Å². The van der Waals surface area contributed by atoms with Gasteiger partial charge in [-0.15, -0.1) is 0 Å². The number of amides is 1. The zero-order valence-electron chi connectivity index (χ0n) is 15.3. The molecule has 29 heavy (non-hydrogen) atoms. The zero-order valence-corrected chi connectivity index (χ0v) is 16.8. The normalized spacial score (nSPS) is 15.9. The average molecular weight is 446 g/mol. The van der Waals surface area contributed by atoms with Crippen LogP contribution in [0, 0.1) is 11.7 Å². The van der Waals surface area contributed by atoms with Crippen LogP contribution in [-0.4, -0.2) is 41.1 Å². The van der Waals surface area contributed by atoms with E-state index in [-0.39, 0.29) is 32.9 Å². The third-order valence-corrected chi connectivity index (χ3v) is 5.61. The van der Waals surface area contributed by atoms with E-state index < -0.39 is 39.9 Å². The number of hydrogen-bond acceptors (Lipinski definition) is 8. The predicted octanol–water partition coefficient (Wildman–Crippen LogP) is 1.80. The molecule has 0 saturated carbocycles. The summed E-state index contributed by atoms with van der Waals surface area (Å²) in [5.74, 6) is -3.25. The van der Waals surface area contributed by atoms with E-state index in [0.717, 1.165) is 12.1 Å². The molecule has 0 unspecified atom stereocenters. The van der Waals surface area contributed by atoms with E-state index in [9.17, 15) is 27.8 Å². The number of halogens is 2. The molecular formula is C16H17ClFN5O5S. The number of rotatable bonds is 5. The summed E-state index contributed by atoms with van der Waals surface area (Å²) in [5.41, 5.74) is -0.505. The lowest BCUT2D eigenvalue weighted by Gasteiger charge is -2.17. The van der Waals surface area contributed by atoms with Gasteiger partial charge in [0.2, 0.25) is 11.8 Å². The van der Waals surface area contributed by atoms with Gasteiger partial charge in [0.1, 0.15) is 16.6 Å². The minimum Gasteiger partial charge on any atom is -0.506 e. The monoisotopic (exact) mass is 445 g/mol. The number of hydrogen-bond donors (Lipinski definition) is 4. The van der Waals surface area contributed by atoms with E-state index in [1.165, 1.54) is 0 Å². The molecule has 1 amide bonds. The van der Waals surface area contributed by atoms with Crippen molar-refractivity contribution in [1.29, 1.82) is 0 Å². The van der Waals surface area contributed by atoms with Crippen molar-refractivity contribution in [3.63, 3.8) is 0 Å². The molecule has 1 saturated heterocycles. The molecule has 156 valence electrons. The first-order valence-electron chi connectivity index (χ1n) is 8.37. The molecule has 2 aromatic rings. The summed E-state index contributed by atoms with van der Waals surface area (Å²) in [6.07, 6.45) is 0.446. The summed E-state index contributed by atoms with van der Waals surface area (Å²) in [6.45, 7) is 3.31. The van der Waals surface area contributed by atoms with Crippen LogP contribution < -0.4 is 14.3 Å². The predicted molar refractivity (Wildman–Crippen MR) is 103 cm³/mol. The Morgan fingerprint density at radius 3 is 2.55 bits per heavy atom. The SMILES string of the molecule is CC(C)Cc1c(O)nc(Nc2cc(O)c(N3C(=O)CNS3(=O)=O)c(F)c2)nc1Cl. The van der Waals surface area contributed by atoms with E-state index in [4.69, 9.17) is 11.6 Å². The minimum absolute atomic E-state index is 0.00912. The number of benzene rings is 1. The molecule has 0 aliphatic carbocycles. The summed E-state index contributed by atoms with van der Waals surface area (Å²) in [7, 11) is -4.29. The molecule has 1 aromatic carbocycles. The molecule has 3 rings (SSSR count). The number of carbonyl (C=O) groups is 1. The number of carbonyl (C=O) groups excluding carboxylic acids is 1. The summed E-state index contributed by atoms with van der Waals surface area (Å²) >= 11 is 6.07. The lowest BCUT2D eigenvalue weighted by molar-refractivity contribution is -0.115. The van der Waals surface area contributed by atoms with Gasteiger partial charge in [-0.25, -0.2) is 9.37 Å². The molecule has 10 nitrogen and oxygen atoms in total. The first-order valence-corrected chi connectivity index (χ1v) is 10.2. The van der Waals surface area contributed by atoms with Gasteiger partial charge >= 0.3 is 10.2 Å². The lowest BCUT2D eigenvalue weighted by Crippen LogP contribution is -2.32. The quantitative estimate of drug-likeness (QED) is 0.510. The van der Waals surface area contributed by atoms with Crippen LogP contribution in [0.3, 0.4) is 0 Å². The molecule has 1 aliphatic rings. The zero-order chi connectivity index (χ0) is 21.5. The van der Waals surface area contributed by atoms with Crippen LogP contribution in [0.1, 0.15) is 19.4 Å². The summed E-state index contributed by atoms with van der Waals surface area (Å²) in [6, 6.07) is 1.82. The molecular weight excluding hydrogens is 429 g/mol. The maximum Gasteiger partial charge on any atom is 0.308 e. The van der Waals surface area contributed by atoms with Crippen LogP contribution in [0.25, 0.3) is 0 Å². The Bertz CT molecular complexity index is 1050. The second-order valence-electron chi connectivity index (χ2n) is 6.67. The van der Waals surface area contributed by atoms with E-state index >= 15 is 0 Å². The lowest BCUT2D eigenvalue weighted by atomic mass is 10.1. The van der Waals surface area contributed by atoms with Crippen molar-refractivity contribution in [3.05, 3.63) is 28.7 Å². The van der Waals surface area contributed by atoms with Gasteiger partial charge < -0.3 is 15.5 Å². The first kappa shape index (κ1) is 21.0. The van der Waals surface area contributed by atoms with Gasteiger partial charge in [0, 0.05) is 11.8 Å². The van der Waals surface area contributed by atoms with Gasteiger partial charge in [-0.2, -0.15) is 22.4 Å². The van der Waals surface area contributed by atoms with Gasteiger partial charge in [0.15, 0.2) is 5.82 Å². The minimum atomic E-state index is -4.29. The number of phenols is 1. The Kier molecular flexibility index (Phi) is 5.52. The van der Waals surface area contributed by atoms with Crippen molar-refractivity contribution in [1.82, 2.24) is 14.7 Å². The molecule has 0 radical (unpaired) electrons. The van der Waals surface area contributed by atoms with Crippen LogP contribution in [0.4, 0.5) is 21.7 Å². The fourth-order valence-corrected chi connectivity index (χ4v) is 4.17. The van der Waals surface area contributed by atoms with E-state index in [1.54, 1.807) is 0 Å². The fraction of sp³-hybridized carbons (Fsp3) is 0.312. The van der Waals surface area contributed by atoms with E-state index in [2.05, 4.69) is 15.3 Å². The van der Waals surface area contributed by atoms with Crippen LogP contribution in [0.2, 0.25) is 5.15 Å². The van der Waals surface area contributed by atoms with Crippen LogP contribution >= 0.6 is 11.6 Å². The van der Waals surface area contributed by atoms with Crippen LogP contribution in [-0.2, 0) is 21.4 Å². The highest BCUT2D eigenvalue weighted by Gasteiger charge is 2.39. The number of nitrogens with one attached hydrogen (secondary N) is 2. The number of nitrogens with zero attached hydrogens (tertiary/aromatic N) is 3. The second kappa shape index (κ2) is 7.61. The Morgan fingerprint density at radius 1 is 1.34 bits per heavy atom. The average Bonchev–Trinajstić information content (AvgIpc) is 2.84. The first-order chi connectivity index (χ1) is 13.5. The molecule has 0 bridgehead atoms. The van der Waals surface area contributed by atoms with Crippen molar-refractivity contribution in [3.8, 4) is 11.6 Å². The molecule has 1 aliphatic heterocycles. The van der Waals surface area contributed by atoms with Gasteiger partial charge in [0.05, 0.1) is 12.1 Å². The third kappa shape index (κ3) is 4.18. The van der Waals surface area contributed by atoms with E-state index in [0.29, 0.717) is 12.0 Å². The highest BCUT2D eigenvalue weighted by molar-refractivity contribution is 7.92. The number of aromatic nitrogens is 2. The summed E-state index contributed by atoms with van der Waals surface area (Å²) < 4.78 is 40.4. The number of phenolic OH excluding ortho intramolecular Hbond substituents is 1. The maximum absolute atomic E-state index is 14.5. The van der Waals surface area contributed by atoms with Crippen LogP contribution in [0.15, 0.2) is 12.1 Å². The molecule has 1 aromatic heterocycles. The topological polar surface area (TPSA) is 145 Å². The Labute approximate surface area is 170 Å². The Balaban J connectivity index is 1.93. The standard InChI is InChI=1S/C16H17ClFN5O5S/c1-7(2)3-9-14(17)21-16(22-15(9)26)20-8-4-10(18)13(11(24)5-8)23-12(25)6-19-29(23,27)28/h4-5,7,19,24H,3,6H2,1-2H3,(H2,20,21,22,26). The van der Waals surface area contributed by atoms with Crippen molar-refractivity contribution >= 4 is 45.0 Å². The Hall–Kier alpha value is -2.70. The van der Waals surface area contributed by atoms with E-state index in [1.807, 2.05) is 18.6 Å². The summed E-state index contributed by atoms with van der Waals surface area (Å²) in [4.78, 5) is 19.6. The Morgan fingerprint density at radius 2 is 2.03 bits per heavy atom. The highest BCUT2D eigenvalue weighted by Crippen LogP contribution is 2.37. The highest BCUT2D eigenvalue weighted by atomic mass is 35.5. The number of aromatic hydroxyl groups is 2. The van der Waals surface area contributed by atoms with Crippen molar-refractivity contribution in [2.75, 3.05) is 16.2 Å². The van der Waals surface area contributed by atoms with Crippen molar-refractivity contribution < 1.29 is 27.8 Å². The molecule has 4 N–H and O–H groups in total. The molecule has 0 atom stereocenters. The molecule has 13 heteroatoms. The fourth-order valence-electron chi connectivity index (χ4n) is 2.74. The van der Waals surface area contributed by atoms with Gasteiger partial charge in [-0.3, -0.25) is 4.79 Å². The maximum atomic E-state index is 14.5. The van der Waals surface area contributed by atoms with Crippen molar-refractivity contribution in [2.24, 2.45) is 5.92 Å². The van der Waals surface area contributed by atoms with Gasteiger partial charge in [0.25, 0.3) is 5.91 Å². The van der Waals surface area contributed by atoms with Crippen molar-refractivity contribution in [2.45, 2.75) is 20.3 Å². The number of anilines is 3. The third-order valence-electron chi connectivity index (χ3n) is 3.92. The molecule has 0 spiro atoms. The largest absolute Gasteiger partial charge is 0.506 e. The second-order valence-corrected chi connectivity index (χ2v) is 8.64. The van der Waals surface area contributed by atoms with Gasteiger partial charge in [-0.05, 0) is 18.4 Å². The summed E-state index contributed by atoms with van der Waals surface area (Å²) in [5, 5.41) is 22.8. The smallest absolute Gasteiger partial charge is 0.308 e. The molecule has 2 heterocycles. The van der Waals surface area contributed by atoms with Gasteiger partial charge in [-0.1, -0.05) is 25.4 Å². The molecule has 1 fully saturated rings.